The number of para-hydroxylation sites is 1. The molecule has 0 saturated heterocycles. The van der Waals surface area contributed by atoms with Crippen LogP contribution in [0.1, 0.15) is 37.7 Å². The van der Waals surface area contributed by atoms with Crippen LogP contribution in [0.4, 0.5) is 0 Å². The Bertz CT molecular complexity index is 653. The normalized spacial score (nSPS) is 12.2. The predicted molar refractivity (Wildman–Crippen MR) is 92.5 cm³/mol. The molecule has 0 aliphatic heterocycles. The zero-order chi connectivity index (χ0) is 17.5. The summed E-state index contributed by atoms with van der Waals surface area (Å²) in [6.07, 6.45) is 1.78. The van der Waals surface area contributed by atoms with Crippen molar-refractivity contribution >= 4 is 5.91 Å². The van der Waals surface area contributed by atoms with E-state index in [0.717, 1.165) is 5.69 Å². The van der Waals surface area contributed by atoms with Gasteiger partial charge in [0.1, 0.15) is 0 Å². The van der Waals surface area contributed by atoms with Crippen LogP contribution in [0.3, 0.4) is 0 Å². The molecule has 1 unspecified atom stereocenters. The summed E-state index contributed by atoms with van der Waals surface area (Å²) in [5.74, 6) is 0.311. The third-order valence-corrected chi connectivity index (χ3v) is 3.71. The number of nitrogens with zero attached hydrogens (tertiary/aromatic N) is 2. The SMILES string of the molecule is CCOc1cn(-c2ccccc2)nc1C(=O)NCCC(O)C(C)C. The number of nitrogens with one attached hydrogen (secondary N) is 1. The smallest absolute Gasteiger partial charge is 0.275 e. The lowest BCUT2D eigenvalue weighted by molar-refractivity contribution is 0.0912. The third kappa shape index (κ3) is 4.58. The first kappa shape index (κ1) is 18.0. The molecular weight excluding hydrogens is 306 g/mol. The number of carbonyl (C=O) groups excluding carboxylic acids is 1. The fourth-order valence-corrected chi connectivity index (χ4v) is 2.24. The number of ether oxygens (including phenoxy) is 1. The molecule has 0 radical (unpaired) electrons. The molecule has 0 fully saturated rings. The van der Waals surface area contributed by atoms with Crippen molar-refractivity contribution in [1.29, 1.82) is 0 Å². The molecule has 6 heteroatoms. The molecule has 2 aromatic rings. The molecule has 1 aromatic heterocycles. The monoisotopic (exact) mass is 331 g/mol. The van der Waals surface area contributed by atoms with Crippen LogP contribution < -0.4 is 10.1 Å². The minimum absolute atomic E-state index is 0.165. The van der Waals surface area contributed by atoms with E-state index in [1.807, 2.05) is 51.1 Å². The fourth-order valence-electron chi connectivity index (χ4n) is 2.24. The Balaban J connectivity index is 2.10. The molecule has 1 heterocycles. The van der Waals surface area contributed by atoms with E-state index in [9.17, 15) is 9.90 Å². The van der Waals surface area contributed by atoms with Gasteiger partial charge in [-0.25, -0.2) is 4.68 Å². The average Bonchev–Trinajstić information content (AvgIpc) is 3.00. The largest absolute Gasteiger partial charge is 0.490 e. The molecular formula is C18H25N3O3. The Morgan fingerprint density at radius 1 is 1.33 bits per heavy atom. The van der Waals surface area contributed by atoms with E-state index in [1.165, 1.54) is 0 Å². The summed E-state index contributed by atoms with van der Waals surface area (Å²) in [5, 5.41) is 16.9. The van der Waals surface area contributed by atoms with Crippen molar-refractivity contribution in [1.82, 2.24) is 15.1 Å². The maximum absolute atomic E-state index is 12.4. The van der Waals surface area contributed by atoms with Gasteiger partial charge in [0.05, 0.1) is 24.6 Å². The summed E-state index contributed by atoms with van der Waals surface area (Å²) in [7, 11) is 0. The maximum atomic E-state index is 12.4. The Kier molecular flexibility index (Phi) is 6.37. The number of benzene rings is 1. The van der Waals surface area contributed by atoms with Gasteiger partial charge >= 0.3 is 0 Å². The minimum atomic E-state index is -0.432. The number of aliphatic hydroxyl groups excluding tert-OH is 1. The van der Waals surface area contributed by atoms with Gasteiger partial charge in [-0.1, -0.05) is 32.0 Å². The zero-order valence-corrected chi connectivity index (χ0v) is 14.4. The van der Waals surface area contributed by atoms with Crippen LogP contribution in [0, 0.1) is 5.92 Å². The molecule has 6 nitrogen and oxygen atoms in total. The molecule has 0 spiro atoms. The van der Waals surface area contributed by atoms with Gasteiger partial charge in [-0.3, -0.25) is 4.79 Å². The van der Waals surface area contributed by atoms with Crippen molar-refractivity contribution in [2.24, 2.45) is 5.92 Å². The first-order valence-corrected chi connectivity index (χ1v) is 8.27. The van der Waals surface area contributed by atoms with E-state index >= 15 is 0 Å². The number of amides is 1. The van der Waals surface area contributed by atoms with E-state index in [4.69, 9.17) is 4.74 Å². The molecule has 1 amide bonds. The summed E-state index contributed by atoms with van der Waals surface area (Å²) < 4.78 is 7.16. The van der Waals surface area contributed by atoms with Crippen LogP contribution in [0.25, 0.3) is 5.69 Å². The molecule has 2 N–H and O–H groups in total. The topological polar surface area (TPSA) is 76.4 Å². The highest BCUT2D eigenvalue weighted by atomic mass is 16.5. The number of carbonyl (C=O) groups is 1. The quantitative estimate of drug-likeness (QED) is 0.779. The highest BCUT2D eigenvalue weighted by molar-refractivity contribution is 5.94. The summed E-state index contributed by atoms with van der Waals surface area (Å²) in [6.45, 7) is 6.59. The summed E-state index contributed by atoms with van der Waals surface area (Å²) >= 11 is 0. The van der Waals surface area contributed by atoms with Gasteiger partial charge < -0.3 is 15.2 Å². The molecule has 0 aliphatic rings. The second-order valence-electron chi connectivity index (χ2n) is 5.91. The summed E-state index contributed by atoms with van der Waals surface area (Å²) in [4.78, 5) is 12.4. The molecule has 2 rings (SSSR count). The van der Waals surface area contributed by atoms with Crippen molar-refractivity contribution in [3.05, 3.63) is 42.2 Å². The average molecular weight is 331 g/mol. The van der Waals surface area contributed by atoms with Crippen LogP contribution in [0.15, 0.2) is 36.5 Å². The lowest BCUT2D eigenvalue weighted by Crippen LogP contribution is -2.29. The lowest BCUT2D eigenvalue weighted by Gasteiger charge is -2.14. The first-order chi connectivity index (χ1) is 11.5. The Morgan fingerprint density at radius 3 is 2.67 bits per heavy atom. The van der Waals surface area contributed by atoms with Crippen molar-refractivity contribution in [2.45, 2.75) is 33.3 Å². The summed E-state index contributed by atoms with van der Waals surface area (Å²) in [6, 6.07) is 9.55. The van der Waals surface area contributed by atoms with Crippen molar-refractivity contribution < 1.29 is 14.6 Å². The van der Waals surface area contributed by atoms with E-state index < -0.39 is 6.10 Å². The van der Waals surface area contributed by atoms with Crippen LogP contribution in [0.5, 0.6) is 5.75 Å². The number of aliphatic hydroxyl groups is 1. The molecule has 0 aliphatic carbocycles. The van der Waals surface area contributed by atoms with Gasteiger partial charge in [0.15, 0.2) is 11.4 Å². The Labute approximate surface area is 142 Å². The van der Waals surface area contributed by atoms with Crippen LogP contribution in [-0.2, 0) is 0 Å². The molecule has 130 valence electrons. The number of hydrogen-bond acceptors (Lipinski definition) is 4. The second-order valence-corrected chi connectivity index (χ2v) is 5.91. The zero-order valence-electron chi connectivity index (χ0n) is 14.4. The minimum Gasteiger partial charge on any atom is -0.490 e. The molecule has 0 bridgehead atoms. The van der Waals surface area contributed by atoms with Crippen molar-refractivity contribution in [2.75, 3.05) is 13.2 Å². The number of hydrogen-bond donors (Lipinski definition) is 2. The van der Waals surface area contributed by atoms with Crippen molar-refractivity contribution in [3.8, 4) is 11.4 Å². The van der Waals surface area contributed by atoms with Gasteiger partial charge in [0.2, 0.25) is 0 Å². The van der Waals surface area contributed by atoms with Gasteiger partial charge in [0, 0.05) is 6.54 Å². The Hall–Kier alpha value is -2.34. The summed E-state index contributed by atoms with van der Waals surface area (Å²) in [5.41, 5.74) is 1.10. The predicted octanol–water partition coefficient (Wildman–Crippen LogP) is 2.41. The molecule has 1 aromatic carbocycles. The first-order valence-electron chi connectivity index (χ1n) is 8.27. The van der Waals surface area contributed by atoms with E-state index in [0.29, 0.717) is 25.3 Å². The highest BCUT2D eigenvalue weighted by Crippen LogP contribution is 2.20. The van der Waals surface area contributed by atoms with Gasteiger partial charge in [-0.05, 0) is 31.4 Å². The van der Waals surface area contributed by atoms with E-state index in [-0.39, 0.29) is 17.5 Å². The van der Waals surface area contributed by atoms with E-state index in [2.05, 4.69) is 10.4 Å². The Morgan fingerprint density at radius 2 is 2.04 bits per heavy atom. The van der Waals surface area contributed by atoms with Crippen molar-refractivity contribution in [3.63, 3.8) is 0 Å². The second kappa shape index (κ2) is 8.49. The number of aromatic nitrogens is 2. The van der Waals surface area contributed by atoms with Crippen LogP contribution in [0.2, 0.25) is 0 Å². The highest BCUT2D eigenvalue weighted by Gasteiger charge is 2.19. The molecule has 24 heavy (non-hydrogen) atoms. The maximum Gasteiger partial charge on any atom is 0.275 e. The van der Waals surface area contributed by atoms with Gasteiger partial charge in [-0.2, -0.15) is 5.10 Å². The number of rotatable bonds is 8. The van der Waals surface area contributed by atoms with Crippen LogP contribution >= 0.6 is 0 Å². The lowest BCUT2D eigenvalue weighted by atomic mass is 10.0. The van der Waals surface area contributed by atoms with Gasteiger partial charge in [-0.15, -0.1) is 0 Å². The fraction of sp³-hybridized carbons (Fsp3) is 0.444. The molecule has 0 saturated carbocycles. The van der Waals surface area contributed by atoms with Crippen LogP contribution in [-0.4, -0.2) is 40.0 Å². The third-order valence-electron chi connectivity index (χ3n) is 3.71. The van der Waals surface area contributed by atoms with Gasteiger partial charge in [0.25, 0.3) is 5.91 Å². The van der Waals surface area contributed by atoms with E-state index in [1.54, 1.807) is 10.9 Å². The molecule has 1 atom stereocenters. The standard InChI is InChI=1S/C18H25N3O3/c1-4-24-16-12-21(14-8-6-5-7-9-14)20-17(16)18(23)19-11-10-15(22)13(2)3/h5-9,12-13,15,22H,4,10-11H2,1-3H3,(H,19,23).